The number of aromatic nitrogens is 2. The summed E-state index contributed by atoms with van der Waals surface area (Å²) in [7, 11) is 0. The number of halogens is 4. The number of alkyl halides is 3. The van der Waals surface area contributed by atoms with Crippen LogP contribution in [0.25, 0.3) is 5.69 Å². The molecule has 1 aliphatic rings. The summed E-state index contributed by atoms with van der Waals surface area (Å²) in [5.41, 5.74) is 1.10. The summed E-state index contributed by atoms with van der Waals surface area (Å²) in [6, 6.07) is 14.4. The van der Waals surface area contributed by atoms with Gasteiger partial charge in [0, 0.05) is 21.4 Å². The standard InChI is InChI=1S/C21H17F3IN3O/c1-2-13-3-7-16(8-4-13)28-18-17(19(26-28)21(22,23)24)11-12-27(20(18)29)15-9-5-14(25)6-10-15/h3-10H,2,11-12H2,1H3. The van der Waals surface area contributed by atoms with Gasteiger partial charge in [0.25, 0.3) is 5.91 Å². The van der Waals surface area contributed by atoms with E-state index in [1.165, 1.54) is 4.90 Å². The van der Waals surface area contributed by atoms with Gasteiger partial charge in [0.05, 0.1) is 5.69 Å². The van der Waals surface area contributed by atoms with E-state index in [4.69, 9.17) is 0 Å². The number of rotatable bonds is 3. The van der Waals surface area contributed by atoms with Crippen LogP contribution in [0.15, 0.2) is 48.5 Å². The summed E-state index contributed by atoms with van der Waals surface area (Å²) in [6.07, 6.45) is -3.72. The lowest BCUT2D eigenvalue weighted by Crippen LogP contribution is -2.39. The van der Waals surface area contributed by atoms with E-state index < -0.39 is 17.8 Å². The summed E-state index contributed by atoms with van der Waals surface area (Å²) in [6.45, 7) is 2.17. The molecule has 29 heavy (non-hydrogen) atoms. The van der Waals surface area contributed by atoms with Crippen LogP contribution in [-0.4, -0.2) is 22.2 Å². The van der Waals surface area contributed by atoms with Crippen LogP contribution in [0.3, 0.4) is 0 Å². The molecular formula is C21H17F3IN3O. The van der Waals surface area contributed by atoms with Gasteiger partial charge in [-0.05, 0) is 77.4 Å². The summed E-state index contributed by atoms with van der Waals surface area (Å²) in [5, 5.41) is 3.82. The molecular weight excluding hydrogens is 494 g/mol. The van der Waals surface area contributed by atoms with Gasteiger partial charge in [-0.2, -0.15) is 18.3 Å². The number of fused-ring (bicyclic) bond motifs is 1. The molecule has 4 rings (SSSR count). The van der Waals surface area contributed by atoms with Crippen LogP contribution in [0.2, 0.25) is 0 Å². The summed E-state index contributed by atoms with van der Waals surface area (Å²) < 4.78 is 43.0. The highest BCUT2D eigenvalue weighted by molar-refractivity contribution is 14.1. The summed E-state index contributed by atoms with van der Waals surface area (Å²) >= 11 is 2.16. The number of anilines is 1. The highest BCUT2D eigenvalue weighted by Crippen LogP contribution is 2.37. The smallest absolute Gasteiger partial charge is 0.307 e. The monoisotopic (exact) mass is 511 g/mol. The van der Waals surface area contributed by atoms with Gasteiger partial charge in [0.1, 0.15) is 5.69 Å². The Morgan fingerprint density at radius 1 is 1.03 bits per heavy atom. The van der Waals surface area contributed by atoms with Gasteiger partial charge in [-0.1, -0.05) is 19.1 Å². The lowest BCUT2D eigenvalue weighted by atomic mass is 10.0. The van der Waals surface area contributed by atoms with Gasteiger partial charge >= 0.3 is 6.18 Å². The van der Waals surface area contributed by atoms with Gasteiger partial charge in [-0.3, -0.25) is 4.79 Å². The second-order valence-electron chi connectivity index (χ2n) is 6.79. The van der Waals surface area contributed by atoms with E-state index in [2.05, 4.69) is 27.7 Å². The Morgan fingerprint density at radius 3 is 2.24 bits per heavy atom. The minimum absolute atomic E-state index is 0.0219. The molecule has 0 unspecified atom stereocenters. The quantitative estimate of drug-likeness (QED) is 0.450. The Morgan fingerprint density at radius 2 is 1.66 bits per heavy atom. The fraction of sp³-hybridized carbons (Fsp3) is 0.238. The van der Waals surface area contributed by atoms with Crippen molar-refractivity contribution in [3.63, 3.8) is 0 Å². The first kappa shape index (κ1) is 19.9. The fourth-order valence-corrected chi connectivity index (χ4v) is 3.87. The van der Waals surface area contributed by atoms with Crippen LogP contribution in [0.4, 0.5) is 18.9 Å². The minimum atomic E-state index is -4.62. The van der Waals surface area contributed by atoms with Crippen molar-refractivity contribution in [3.05, 3.63) is 74.6 Å². The molecule has 0 bridgehead atoms. The molecule has 2 aromatic carbocycles. The molecule has 3 aromatic rings. The molecule has 0 spiro atoms. The lowest BCUT2D eigenvalue weighted by molar-refractivity contribution is -0.141. The molecule has 0 saturated heterocycles. The Bertz CT molecular complexity index is 1060. The molecule has 0 atom stereocenters. The molecule has 1 aliphatic heterocycles. The van der Waals surface area contributed by atoms with E-state index >= 15 is 0 Å². The number of amides is 1. The topological polar surface area (TPSA) is 38.1 Å². The third-order valence-corrected chi connectivity index (χ3v) is 5.73. The van der Waals surface area contributed by atoms with Crippen LogP contribution in [0.1, 0.15) is 34.2 Å². The van der Waals surface area contributed by atoms with Crippen LogP contribution in [-0.2, 0) is 19.0 Å². The lowest BCUT2D eigenvalue weighted by Gasteiger charge is -2.28. The zero-order chi connectivity index (χ0) is 20.8. The Labute approximate surface area is 179 Å². The minimum Gasteiger partial charge on any atom is -0.307 e. The van der Waals surface area contributed by atoms with Crippen molar-refractivity contribution in [1.29, 1.82) is 0 Å². The second-order valence-corrected chi connectivity index (χ2v) is 8.03. The van der Waals surface area contributed by atoms with Crippen molar-refractivity contribution in [1.82, 2.24) is 9.78 Å². The molecule has 0 N–H and O–H groups in total. The molecule has 4 nitrogen and oxygen atoms in total. The van der Waals surface area contributed by atoms with E-state index in [0.717, 1.165) is 20.2 Å². The SMILES string of the molecule is CCc1ccc(-n2nc(C(F)(F)F)c3c2C(=O)N(c2ccc(I)cc2)CC3)cc1. The first-order valence-corrected chi connectivity index (χ1v) is 10.2. The van der Waals surface area contributed by atoms with Gasteiger partial charge in [-0.15, -0.1) is 0 Å². The van der Waals surface area contributed by atoms with E-state index in [1.807, 2.05) is 31.2 Å². The van der Waals surface area contributed by atoms with Gasteiger partial charge < -0.3 is 4.90 Å². The molecule has 150 valence electrons. The van der Waals surface area contributed by atoms with E-state index in [1.54, 1.807) is 24.3 Å². The van der Waals surface area contributed by atoms with Crippen molar-refractivity contribution >= 4 is 34.2 Å². The van der Waals surface area contributed by atoms with E-state index in [9.17, 15) is 18.0 Å². The van der Waals surface area contributed by atoms with E-state index in [0.29, 0.717) is 11.4 Å². The van der Waals surface area contributed by atoms with Crippen molar-refractivity contribution in [2.24, 2.45) is 0 Å². The predicted molar refractivity (Wildman–Crippen MR) is 112 cm³/mol. The molecule has 0 fully saturated rings. The first-order chi connectivity index (χ1) is 13.8. The van der Waals surface area contributed by atoms with Crippen molar-refractivity contribution in [3.8, 4) is 5.69 Å². The Kier molecular flexibility index (Phi) is 5.14. The third kappa shape index (κ3) is 3.65. The number of hydrogen-bond donors (Lipinski definition) is 0. The normalized spacial score (nSPS) is 14.2. The molecule has 0 saturated carbocycles. The highest BCUT2D eigenvalue weighted by Gasteiger charge is 2.43. The van der Waals surface area contributed by atoms with Crippen molar-refractivity contribution < 1.29 is 18.0 Å². The zero-order valence-corrected chi connectivity index (χ0v) is 17.7. The van der Waals surface area contributed by atoms with E-state index in [-0.39, 0.29) is 24.2 Å². The molecule has 0 aliphatic carbocycles. The predicted octanol–water partition coefficient (Wildman–Crippen LogP) is 5.26. The highest BCUT2D eigenvalue weighted by atomic mass is 127. The number of nitrogens with zero attached hydrogens (tertiary/aromatic N) is 3. The first-order valence-electron chi connectivity index (χ1n) is 9.15. The van der Waals surface area contributed by atoms with Crippen molar-refractivity contribution in [2.45, 2.75) is 25.9 Å². The van der Waals surface area contributed by atoms with Gasteiger partial charge in [0.2, 0.25) is 0 Å². The van der Waals surface area contributed by atoms with Crippen LogP contribution in [0.5, 0.6) is 0 Å². The molecule has 0 radical (unpaired) electrons. The average molecular weight is 511 g/mol. The number of carbonyl (C=O) groups excluding carboxylic acids is 1. The van der Waals surface area contributed by atoms with Gasteiger partial charge in [-0.25, -0.2) is 4.68 Å². The Hall–Kier alpha value is -2.36. The van der Waals surface area contributed by atoms with Crippen LogP contribution >= 0.6 is 22.6 Å². The number of carbonyl (C=O) groups is 1. The van der Waals surface area contributed by atoms with Crippen molar-refractivity contribution in [2.75, 3.05) is 11.4 Å². The number of benzene rings is 2. The molecule has 2 heterocycles. The summed E-state index contributed by atoms with van der Waals surface area (Å²) in [5.74, 6) is -0.477. The summed E-state index contributed by atoms with van der Waals surface area (Å²) in [4.78, 5) is 14.8. The van der Waals surface area contributed by atoms with Gasteiger partial charge in [0.15, 0.2) is 5.69 Å². The molecule has 1 amide bonds. The van der Waals surface area contributed by atoms with Crippen LogP contribution in [0, 0.1) is 3.57 Å². The molecule has 8 heteroatoms. The number of hydrogen-bond acceptors (Lipinski definition) is 2. The maximum atomic E-state index is 13.6. The van der Waals surface area contributed by atoms with Crippen LogP contribution < -0.4 is 4.90 Å². The fourth-order valence-electron chi connectivity index (χ4n) is 3.51. The maximum Gasteiger partial charge on any atom is 0.435 e. The largest absolute Gasteiger partial charge is 0.435 e. The molecule has 1 aromatic heterocycles. The zero-order valence-electron chi connectivity index (χ0n) is 15.5. The second kappa shape index (κ2) is 7.47. The maximum absolute atomic E-state index is 13.6. The third-order valence-electron chi connectivity index (χ3n) is 5.01. The Balaban J connectivity index is 1.85. The number of aryl methyl sites for hydroxylation is 1. The average Bonchev–Trinajstić information content (AvgIpc) is 3.10.